The number of nitrogens with zero attached hydrogens (tertiary/aromatic N) is 9. The zero-order valence-electron chi connectivity index (χ0n) is 40.5. The first-order valence-corrected chi connectivity index (χ1v) is 25.6. The fourth-order valence-corrected chi connectivity index (χ4v) is 10.9. The lowest BCUT2D eigenvalue weighted by molar-refractivity contribution is 0.604. The van der Waals surface area contributed by atoms with Gasteiger partial charge < -0.3 is 32.7 Å². The summed E-state index contributed by atoms with van der Waals surface area (Å²) in [6, 6.07) is 15.8. The highest BCUT2D eigenvalue weighted by Crippen LogP contribution is 2.40. The minimum absolute atomic E-state index is 0.0152. The van der Waals surface area contributed by atoms with Crippen LogP contribution in [-0.4, -0.2) is 83.1 Å². The van der Waals surface area contributed by atoms with Gasteiger partial charge >= 0.3 is 0 Å². The topological polar surface area (TPSA) is 216 Å². The van der Waals surface area contributed by atoms with E-state index in [-0.39, 0.29) is 22.9 Å². The molecule has 69 heavy (non-hydrogen) atoms. The Morgan fingerprint density at radius 1 is 0.565 bits per heavy atom. The summed E-state index contributed by atoms with van der Waals surface area (Å²) in [5, 5.41) is 14.1. The second-order valence-electron chi connectivity index (χ2n) is 19.6. The third-order valence-electron chi connectivity index (χ3n) is 11.6. The van der Waals surface area contributed by atoms with Gasteiger partial charge in [0.2, 0.25) is 0 Å². The van der Waals surface area contributed by atoms with Crippen molar-refractivity contribution in [2.45, 2.75) is 91.6 Å². The van der Waals surface area contributed by atoms with Crippen LogP contribution in [0.5, 0.6) is 0 Å². The molecule has 18 heteroatoms. The van der Waals surface area contributed by atoms with Crippen LogP contribution in [0.4, 0.5) is 23.3 Å². The Hall–Kier alpha value is -6.31. The number of hydrogen-bond acceptors (Lipinski definition) is 18. The van der Waals surface area contributed by atoms with Crippen molar-refractivity contribution in [2.75, 3.05) is 47.4 Å². The van der Waals surface area contributed by atoms with Crippen molar-refractivity contribution in [1.82, 2.24) is 44.9 Å². The number of nitrogens with one attached hydrogen (secondary N) is 4. The number of aromatic nitrogens is 9. The molecule has 0 amide bonds. The maximum Gasteiger partial charge on any atom is 0.162 e. The molecule has 8 N–H and O–H groups in total. The standard InChI is InChI=1S/C51H59N15S3/c1-27(52)25-59-47-41-35(23-37(68-41)50(4,5)6)61-45(65-47)31-12-16-55-34(20-31)22-33(53)26-60-48-42-36(24-38(69-42)51(7,8)9)62-46(66-48)32-13-17-56-39(21-32)57-18-19-58-49-43-40(28(2)29(3)67-43)63-44(64-49)30-10-14-54-15-11-30/h10-17,20-21,23-24,27,33H,18-19,22,25-26,52-53H2,1-9H3,(H,56,57)(H,58,63,64)(H,59,61,65)(H,60,62,66). The van der Waals surface area contributed by atoms with Crippen molar-refractivity contribution in [3.63, 3.8) is 0 Å². The molecule has 0 spiro atoms. The van der Waals surface area contributed by atoms with Gasteiger partial charge in [0.05, 0.1) is 30.6 Å². The van der Waals surface area contributed by atoms with E-state index in [4.69, 9.17) is 46.4 Å². The van der Waals surface area contributed by atoms with E-state index in [1.807, 2.05) is 43.3 Å². The van der Waals surface area contributed by atoms with E-state index in [0.717, 1.165) is 70.5 Å². The molecule has 9 rings (SSSR count). The third-order valence-corrected chi connectivity index (χ3v) is 15.9. The summed E-state index contributed by atoms with van der Waals surface area (Å²) in [4.78, 5) is 47.3. The molecular weight excluding hydrogens is 919 g/mol. The Morgan fingerprint density at radius 3 is 1.71 bits per heavy atom. The molecule has 0 aromatic carbocycles. The van der Waals surface area contributed by atoms with Gasteiger partial charge in [0.1, 0.15) is 23.3 Å². The van der Waals surface area contributed by atoms with Gasteiger partial charge in [-0.15, -0.1) is 34.0 Å². The molecule has 0 radical (unpaired) electrons. The molecule has 9 aromatic heterocycles. The lowest BCUT2D eigenvalue weighted by Gasteiger charge is -2.15. The van der Waals surface area contributed by atoms with Crippen molar-refractivity contribution in [3.8, 4) is 34.2 Å². The number of pyridine rings is 3. The maximum atomic E-state index is 6.88. The highest BCUT2D eigenvalue weighted by atomic mass is 32.1. The Morgan fingerprint density at radius 2 is 1.10 bits per heavy atom. The first kappa shape index (κ1) is 47.7. The second kappa shape index (κ2) is 19.6. The largest absolute Gasteiger partial charge is 0.368 e. The molecule has 0 saturated carbocycles. The quantitative estimate of drug-likeness (QED) is 0.0497. The summed E-state index contributed by atoms with van der Waals surface area (Å²) in [5.41, 5.74) is 20.3. The summed E-state index contributed by atoms with van der Waals surface area (Å²) >= 11 is 5.14. The molecule has 0 aliphatic carbocycles. The molecule has 2 unspecified atom stereocenters. The zero-order chi connectivity index (χ0) is 48.6. The SMILES string of the molecule is Cc1sc2c(NCCNc3cc(-c4nc(NCC(N)Cc5cc(-c6nc(NCC(C)N)c7sc(C(C)(C)C)cc7n6)ccn5)c5sc(C(C)(C)C)cc5n4)ccn3)nc(-c3ccncc3)nc2c1C. The third kappa shape index (κ3) is 10.8. The van der Waals surface area contributed by atoms with E-state index in [0.29, 0.717) is 55.9 Å². The van der Waals surface area contributed by atoms with Crippen LogP contribution in [-0.2, 0) is 17.3 Å². The van der Waals surface area contributed by atoms with E-state index in [2.05, 4.69) is 98.8 Å². The van der Waals surface area contributed by atoms with Gasteiger partial charge in [-0.25, -0.2) is 34.9 Å². The Balaban J connectivity index is 0.907. The lowest BCUT2D eigenvalue weighted by Crippen LogP contribution is -2.31. The highest BCUT2D eigenvalue weighted by Gasteiger charge is 2.23. The first-order chi connectivity index (χ1) is 33.0. The average Bonchev–Trinajstić information content (AvgIpc) is 4.05. The highest BCUT2D eigenvalue weighted by molar-refractivity contribution is 7.20. The van der Waals surface area contributed by atoms with Gasteiger partial charge in [-0.1, -0.05) is 41.5 Å². The summed E-state index contributed by atoms with van der Waals surface area (Å²) in [6.45, 7) is 21.8. The van der Waals surface area contributed by atoms with Crippen molar-refractivity contribution >= 4 is 87.9 Å². The van der Waals surface area contributed by atoms with Crippen LogP contribution < -0.4 is 32.7 Å². The lowest BCUT2D eigenvalue weighted by atomic mass is 9.95. The average molecular weight is 978 g/mol. The predicted molar refractivity (Wildman–Crippen MR) is 288 cm³/mol. The number of rotatable bonds is 16. The minimum Gasteiger partial charge on any atom is -0.368 e. The van der Waals surface area contributed by atoms with E-state index in [9.17, 15) is 0 Å². The Bertz CT molecular complexity index is 3270. The number of anilines is 4. The van der Waals surface area contributed by atoms with E-state index < -0.39 is 0 Å². The number of fused-ring (bicyclic) bond motifs is 3. The van der Waals surface area contributed by atoms with Crippen LogP contribution in [0.1, 0.15) is 74.4 Å². The summed E-state index contributed by atoms with van der Waals surface area (Å²) in [6.07, 6.45) is 7.64. The molecule has 9 heterocycles. The molecule has 0 bridgehead atoms. The monoisotopic (exact) mass is 977 g/mol. The van der Waals surface area contributed by atoms with Crippen LogP contribution in [0.25, 0.3) is 64.8 Å². The van der Waals surface area contributed by atoms with Crippen molar-refractivity contribution in [2.24, 2.45) is 11.5 Å². The van der Waals surface area contributed by atoms with Crippen LogP contribution in [0.3, 0.4) is 0 Å². The van der Waals surface area contributed by atoms with Crippen LogP contribution in [0.15, 0.2) is 73.3 Å². The molecule has 0 aliphatic rings. The van der Waals surface area contributed by atoms with Gasteiger partial charge in [-0.05, 0) is 85.7 Å². The van der Waals surface area contributed by atoms with Crippen LogP contribution in [0.2, 0.25) is 0 Å². The normalized spacial score (nSPS) is 13.0. The molecular formula is C51H59N15S3. The molecule has 9 aromatic rings. The van der Waals surface area contributed by atoms with Crippen molar-refractivity contribution in [1.29, 1.82) is 0 Å². The smallest absolute Gasteiger partial charge is 0.162 e. The minimum atomic E-state index is -0.278. The first-order valence-electron chi connectivity index (χ1n) is 23.2. The molecule has 2 atom stereocenters. The molecule has 0 aliphatic heterocycles. The van der Waals surface area contributed by atoms with Crippen LogP contribution >= 0.6 is 34.0 Å². The van der Waals surface area contributed by atoms with Gasteiger partial charge in [-0.3, -0.25) is 9.97 Å². The summed E-state index contributed by atoms with van der Waals surface area (Å²) in [5.74, 6) is 4.94. The Kier molecular flexibility index (Phi) is 13.6. The van der Waals surface area contributed by atoms with Gasteiger partial charge in [-0.2, -0.15) is 0 Å². The fourth-order valence-electron chi connectivity index (χ4n) is 7.64. The van der Waals surface area contributed by atoms with Gasteiger partial charge in [0.15, 0.2) is 17.5 Å². The number of thiophene rings is 3. The zero-order valence-corrected chi connectivity index (χ0v) is 43.0. The molecule has 356 valence electrons. The van der Waals surface area contributed by atoms with E-state index in [1.54, 1.807) is 58.8 Å². The summed E-state index contributed by atoms with van der Waals surface area (Å²) in [7, 11) is 0. The van der Waals surface area contributed by atoms with Gasteiger partial charge in [0, 0.05) is 106 Å². The molecule has 0 saturated heterocycles. The van der Waals surface area contributed by atoms with Crippen LogP contribution in [0, 0.1) is 13.8 Å². The van der Waals surface area contributed by atoms with E-state index in [1.165, 1.54) is 20.2 Å². The summed E-state index contributed by atoms with van der Waals surface area (Å²) < 4.78 is 3.06. The second-order valence-corrected chi connectivity index (χ2v) is 22.9. The Labute approximate surface area is 414 Å². The van der Waals surface area contributed by atoms with Crippen molar-refractivity contribution in [3.05, 3.63) is 99.2 Å². The number of nitrogens with two attached hydrogens (primary N) is 2. The van der Waals surface area contributed by atoms with Gasteiger partial charge in [0.25, 0.3) is 0 Å². The van der Waals surface area contributed by atoms with Crippen molar-refractivity contribution < 1.29 is 0 Å². The van der Waals surface area contributed by atoms with E-state index >= 15 is 0 Å². The number of hydrogen-bond donors (Lipinski definition) is 6. The molecule has 15 nitrogen and oxygen atoms in total. The molecule has 0 fully saturated rings. The number of aryl methyl sites for hydroxylation is 2. The maximum absolute atomic E-state index is 6.88. The predicted octanol–water partition coefficient (Wildman–Crippen LogP) is 10.4. The fraction of sp³-hybridized carbons (Fsp3) is 0.353.